The van der Waals surface area contributed by atoms with Crippen LogP contribution in [0.15, 0.2) is 59.5 Å². The molecular weight excluding hydrogens is 510 g/mol. The molecule has 11 heteroatoms. The van der Waals surface area contributed by atoms with Gasteiger partial charge in [0.15, 0.2) is 6.29 Å². The number of nitrogens with zero attached hydrogens (tertiary/aromatic N) is 1. The number of ether oxygens (including phenoxy) is 3. The molecule has 2 saturated heterocycles. The molecule has 2 aliphatic heterocycles. The van der Waals surface area contributed by atoms with Crippen LogP contribution in [0.5, 0.6) is 0 Å². The Hall–Kier alpha value is -2.54. The average molecular weight is 548 g/mol. The Morgan fingerprint density at radius 1 is 1.13 bits per heavy atom. The molecule has 0 radical (unpaired) electrons. The van der Waals surface area contributed by atoms with E-state index in [2.05, 4.69) is 5.32 Å². The van der Waals surface area contributed by atoms with E-state index in [1.807, 2.05) is 44.2 Å². The SMILES string of the molecule is CC(C)CN(C[C@@H](O)[C@@H](N)Cc1ccccc1)S(=O)(=O)c1ccc(NC(=O)O[C@@H]2COC3OCC[C@@H]32)cc1. The molecule has 0 saturated carbocycles. The van der Waals surface area contributed by atoms with Gasteiger partial charge in [-0.1, -0.05) is 44.2 Å². The Morgan fingerprint density at radius 2 is 1.84 bits per heavy atom. The van der Waals surface area contributed by atoms with Crippen LogP contribution in [-0.4, -0.2) is 74.8 Å². The van der Waals surface area contributed by atoms with Gasteiger partial charge in [0, 0.05) is 24.8 Å². The van der Waals surface area contributed by atoms with Crippen molar-refractivity contribution in [2.24, 2.45) is 17.6 Å². The number of amides is 1. The molecule has 0 aromatic heterocycles. The Labute approximate surface area is 224 Å². The average Bonchev–Trinajstić information content (AvgIpc) is 3.49. The molecule has 2 aromatic rings. The first-order chi connectivity index (χ1) is 18.1. The van der Waals surface area contributed by atoms with E-state index in [4.69, 9.17) is 19.9 Å². The molecule has 0 bridgehead atoms. The highest BCUT2D eigenvalue weighted by molar-refractivity contribution is 7.89. The number of carbonyl (C=O) groups excluding carboxylic acids is 1. The van der Waals surface area contributed by atoms with Crippen molar-refractivity contribution in [1.29, 1.82) is 0 Å². The number of hydrogen-bond acceptors (Lipinski definition) is 8. The molecule has 2 aromatic carbocycles. The van der Waals surface area contributed by atoms with E-state index in [1.165, 1.54) is 28.6 Å². The third-order valence-corrected chi connectivity index (χ3v) is 8.60. The largest absolute Gasteiger partial charge is 0.443 e. The molecule has 0 spiro atoms. The van der Waals surface area contributed by atoms with Crippen LogP contribution in [0.25, 0.3) is 0 Å². The third kappa shape index (κ3) is 7.10. The van der Waals surface area contributed by atoms with Crippen molar-refractivity contribution < 1.29 is 32.5 Å². The third-order valence-electron chi connectivity index (χ3n) is 6.75. The molecule has 4 rings (SSSR count). The number of hydrogen-bond donors (Lipinski definition) is 3. The van der Waals surface area contributed by atoms with Crippen LogP contribution in [0.1, 0.15) is 25.8 Å². The van der Waals surface area contributed by atoms with Crippen LogP contribution in [-0.2, 0) is 30.7 Å². The van der Waals surface area contributed by atoms with Crippen LogP contribution in [0, 0.1) is 11.8 Å². The monoisotopic (exact) mass is 547 g/mol. The number of aliphatic hydroxyl groups is 1. The molecule has 208 valence electrons. The van der Waals surface area contributed by atoms with E-state index in [0.29, 0.717) is 18.7 Å². The quantitative estimate of drug-likeness (QED) is 0.390. The second-order valence-corrected chi connectivity index (χ2v) is 12.2. The van der Waals surface area contributed by atoms with Crippen molar-refractivity contribution in [3.05, 3.63) is 60.2 Å². The minimum Gasteiger partial charge on any atom is -0.443 e. The summed E-state index contributed by atoms with van der Waals surface area (Å²) in [5, 5.41) is 13.4. The first-order valence-electron chi connectivity index (χ1n) is 12.9. The van der Waals surface area contributed by atoms with Gasteiger partial charge in [-0.2, -0.15) is 4.31 Å². The van der Waals surface area contributed by atoms with Crippen LogP contribution in [0.4, 0.5) is 10.5 Å². The number of nitrogens with one attached hydrogen (secondary N) is 1. The van der Waals surface area contributed by atoms with Crippen molar-refractivity contribution in [1.82, 2.24) is 4.31 Å². The zero-order valence-corrected chi connectivity index (χ0v) is 22.5. The molecule has 5 atom stereocenters. The van der Waals surface area contributed by atoms with E-state index in [-0.39, 0.29) is 48.8 Å². The fraction of sp³-hybridized carbons (Fsp3) is 0.519. The number of fused-ring (bicyclic) bond motifs is 1. The van der Waals surface area contributed by atoms with Gasteiger partial charge in [0.2, 0.25) is 10.0 Å². The van der Waals surface area contributed by atoms with Crippen LogP contribution in [0.3, 0.4) is 0 Å². The molecule has 2 fully saturated rings. The Bertz CT molecular complexity index is 1160. The summed E-state index contributed by atoms with van der Waals surface area (Å²) in [5.74, 6) is 0.0545. The Balaban J connectivity index is 1.38. The van der Waals surface area contributed by atoms with Crippen molar-refractivity contribution in [3.8, 4) is 0 Å². The summed E-state index contributed by atoms with van der Waals surface area (Å²) in [6.45, 7) is 4.78. The highest BCUT2D eigenvalue weighted by atomic mass is 32.2. The van der Waals surface area contributed by atoms with Gasteiger partial charge < -0.3 is 25.1 Å². The predicted molar refractivity (Wildman–Crippen MR) is 142 cm³/mol. The molecule has 2 aliphatic rings. The molecule has 2 heterocycles. The number of rotatable bonds is 11. The lowest BCUT2D eigenvalue weighted by molar-refractivity contribution is -0.0907. The molecular formula is C27H37N3O7S. The molecule has 1 amide bonds. The van der Waals surface area contributed by atoms with Gasteiger partial charge in [-0.05, 0) is 48.6 Å². The van der Waals surface area contributed by atoms with E-state index in [9.17, 15) is 18.3 Å². The minimum atomic E-state index is -3.93. The van der Waals surface area contributed by atoms with Gasteiger partial charge in [-0.15, -0.1) is 0 Å². The maximum Gasteiger partial charge on any atom is 0.411 e. The number of carbonyl (C=O) groups is 1. The lowest BCUT2D eigenvalue weighted by Gasteiger charge is -2.28. The molecule has 10 nitrogen and oxygen atoms in total. The Morgan fingerprint density at radius 3 is 2.53 bits per heavy atom. The van der Waals surface area contributed by atoms with Crippen LogP contribution >= 0.6 is 0 Å². The lowest BCUT2D eigenvalue weighted by atomic mass is 10.0. The summed E-state index contributed by atoms with van der Waals surface area (Å²) in [6.07, 6.45) is -1.20. The summed E-state index contributed by atoms with van der Waals surface area (Å²) >= 11 is 0. The van der Waals surface area contributed by atoms with Gasteiger partial charge in [0.1, 0.15) is 6.10 Å². The zero-order valence-electron chi connectivity index (χ0n) is 21.7. The fourth-order valence-electron chi connectivity index (χ4n) is 4.74. The van der Waals surface area contributed by atoms with E-state index in [1.54, 1.807) is 0 Å². The van der Waals surface area contributed by atoms with Crippen LogP contribution < -0.4 is 11.1 Å². The maximum atomic E-state index is 13.5. The van der Waals surface area contributed by atoms with Crippen LogP contribution in [0.2, 0.25) is 0 Å². The summed E-state index contributed by atoms with van der Waals surface area (Å²) in [4.78, 5) is 12.4. The zero-order chi connectivity index (χ0) is 27.3. The van der Waals surface area contributed by atoms with Gasteiger partial charge in [0.05, 0.1) is 30.1 Å². The maximum absolute atomic E-state index is 13.5. The standard InChI is InChI=1S/C27H37N3O7S/c1-18(2)15-30(16-24(31)23(28)14-19-6-4-3-5-7-19)38(33,34)21-10-8-20(9-11-21)29-27(32)37-25-17-36-26-22(25)12-13-35-26/h3-11,18,22-26,31H,12-17,28H2,1-2H3,(H,29,32)/t22-,23+,24-,25-,26?/m1/s1. The second-order valence-electron chi connectivity index (χ2n) is 10.3. The normalized spacial score (nSPS) is 22.8. The van der Waals surface area contributed by atoms with Gasteiger partial charge >= 0.3 is 6.09 Å². The topological polar surface area (TPSA) is 140 Å². The number of nitrogens with two attached hydrogens (primary N) is 1. The van der Waals surface area contributed by atoms with E-state index < -0.39 is 28.3 Å². The van der Waals surface area contributed by atoms with Gasteiger partial charge in [-0.3, -0.25) is 5.32 Å². The van der Waals surface area contributed by atoms with E-state index >= 15 is 0 Å². The summed E-state index contributed by atoms with van der Waals surface area (Å²) < 4.78 is 44.7. The molecule has 1 unspecified atom stereocenters. The fourth-order valence-corrected chi connectivity index (χ4v) is 6.36. The smallest absolute Gasteiger partial charge is 0.411 e. The number of benzene rings is 2. The van der Waals surface area contributed by atoms with Crippen molar-refractivity contribution in [2.45, 2.75) is 56.1 Å². The van der Waals surface area contributed by atoms with Gasteiger partial charge in [-0.25, -0.2) is 13.2 Å². The number of anilines is 1. The van der Waals surface area contributed by atoms with Gasteiger partial charge in [0.25, 0.3) is 0 Å². The first-order valence-corrected chi connectivity index (χ1v) is 14.4. The first kappa shape index (κ1) is 28.5. The number of aliphatic hydroxyl groups excluding tert-OH is 1. The highest BCUT2D eigenvalue weighted by Gasteiger charge is 2.43. The summed E-state index contributed by atoms with van der Waals surface area (Å²) in [6, 6.07) is 14.8. The minimum absolute atomic E-state index is 0.0244. The second kappa shape index (κ2) is 12.5. The Kier molecular flexibility index (Phi) is 9.40. The highest BCUT2D eigenvalue weighted by Crippen LogP contribution is 2.33. The van der Waals surface area contributed by atoms with Crippen molar-refractivity contribution >= 4 is 21.8 Å². The van der Waals surface area contributed by atoms with Crippen molar-refractivity contribution in [2.75, 3.05) is 31.6 Å². The summed E-state index contributed by atoms with van der Waals surface area (Å²) in [7, 11) is -3.93. The molecule has 38 heavy (non-hydrogen) atoms. The van der Waals surface area contributed by atoms with Crippen molar-refractivity contribution in [3.63, 3.8) is 0 Å². The predicted octanol–water partition coefficient (Wildman–Crippen LogP) is 2.57. The summed E-state index contributed by atoms with van der Waals surface area (Å²) in [5.41, 5.74) is 7.59. The van der Waals surface area contributed by atoms with E-state index in [0.717, 1.165) is 12.0 Å². The number of sulfonamides is 1. The molecule has 0 aliphatic carbocycles. The molecule has 4 N–H and O–H groups in total. The lowest BCUT2D eigenvalue weighted by Crippen LogP contribution is -2.47.